The van der Waals surface area contributed by atoms with Crippen molar-refractivity contribution in [1.29, 1.82) is 0 Å². The first kappa shape index (κ1) is 13.2. The number of hydrogen-bond donors (Lipinski definition) is 1. The molecule has 3 nitrogen and oxygen atoms in total. The molecule has 1 heterocycles. The van der Waals surface area contributed by atoms with E-state index in [1.54, 1.807) is 0 Å². The van der Waals surface area contributed by atoms with Crippen LogP contribution in [0.1, 0.15) is 35.7 Å². The molecule has 1 N–H and O–H groups in total. The molecule has 0 radical (unpaired) electrons. The van der Waals surface area contributed by atoms with E-state index in [2.05, 4.69) is 4.90 Å². The van der Waals surface area contributed by atoms with Gasteiger partial charge in [0.05, 0.1) is 5.60 Å². The molecule has 1 aromatic carbocycles. The Morgan fingerprint density at radius 1 is 1.39 bits per heavy atom. The van der Waals surface area contributed by atoms with Gasteiger partial charge in [-0.2, -0.15) is 0 Å². The second-order valence-electron chi connectivity index (χ2n) is 5.56. The SMILES string of the molecule is Cc1ccc(C(=O)CCN2CCC(C)(O)C2)cc1. The lowest BCUT2D eigenvalue weighted by Gasteiger charge is -2.18. The Bertz CT molecular complexity index is 423. The monoisotopic (exact) mass is 247 g/mol. The van der Waals surface area contributed by atoms with Gasteiger partial charge in [0.25, 0.3) is 0 Å². The van der Waals surface area contributed by atoms with Crippen LogP contribution >= 0.6 is 0 Å². The summed E-state index contributed by atoms with van der Waals surface area (Å²) in [6, 6.07) is 7.71. The Balaban J connectivity index is 1.84. The van der Waals surface area contributed by atoms with Crippen LogP contribution in [-0.2, 0) is 0 Å². The van der Waals surface area contributed by atoms with Crippen molar-refractivity contribution in [3.8, 4) is 0 Å². The molecule has 0 saturated carbocycles. The van der Waals surface area contributed by atoms with Gasteiger partial charge < -0.3 is 5.11 Å². The molecular formula is C15H21NO2. The van der Waals surface area contributed by atoms with Crippen molar-refractivity contribution in [1.82, 2.24) is 4.90 Å². The molecule has 0 bridgehead atoms. The summed E-state index contributed by atoms with van der Waals surface area (Å²) >= 11 is 0. The molecule has 2 rings (SSSR count). The third-order valence-electron chi connectivity index (χ3n) is 3.56. The van der Waals surface area contributed by atoms with Gasteiger partial charge in [0.15, 0.2) is 5.78 Å². The van der Waals surface area contributed by atoms with Gasteiger partial charge in [-0.05, 0) is 20.3 Å². The van der Waals surface area contributed by atoms with E-state index in [9.17, 15) is 9.90 Å². The van der Waals surface area contributed by atoms with Gasteiger partial charge >= 0.3 is 0 Å². The largest absolute Gasteiger partial charge is 0.389 e. The molecule has 18 heavy (non-hydrogen) atoms. The van der Waals surface area contributed by atoms with Crippen LogP contribution in [0.15, 0.2) is 24.3 Å². The lowest BCUT2D eigenvalue weighted by molar-refractivity contribution is 0.0677. The summed E-state index contributed by atoms with van der Waals surface area (Å²) in [7, 11) is 0. The molecule has 1 fully saturated rings. The van der Waals surface area contributed by atoms with Crippen molar-refractivity contribution >= 4 is 5.78 Å². The molecule has 3 heteroatoms. The predicted octanol–water partition coefficient (Wildman–Crippen LogP) is 2.02. The van der Waals surface area contributed by atoms with E-state index in [1.807, 2.05) is 38.1 Å². The number of β-amino-alcohol motifs (C(OH)–C–C–N with tert-alkyl or cyclic N) is 1. The van der Waals surface area contributed by atoms with Crippen molar-refractivity contribution in [2.45, 2.75) is 32.3 Å². The number of nitrogens with zero attached hydrogens (tertiary/aromatic N) is 1. The summed E-state index contributed by atoms with van der Waals surface area (Å²) in [4.78, 5) is 14.1. The predicted molar refractivity (Wildman–Crippen MR) is 71.8 cm³/mol. The lowest BCUT2D eigenvalue weighted by atomic mass is 10.1. The summed E-state index contributed by atoms with van der Waals surface area (Å²) in [6.45, 7) is 6.17. The molecule has 0 aliphatic carbocycles. The van der Waals surface area contributed by atoms with Gasteiger partial charge in [0.2, 0.25) is 0 Å². The molecule has 1 unspecified atom stereocenters. The Labute approximate surface area is 108 Å². The minimum atomic E-state index is -0.576. The first-order chi connectivity index (χ1) is 8.46. The third kappa shape index (κ3) is 3.40. The van der Waals surface area contributed by atoms with Crippen LogP contribution in [-0.4, -0.2) is 41.0 Å². The molecule has 1 atom stereocenters. The standard InChI is InChI=1S/C15H21NO2/c1-12-3-5-13(6-4-12)14(17)7-9-16-10-8-15(2,18)11-16/h3-6,18H,7-11H2,1-2H3. The van der Waals surface area contributed by atoms with E-state index in [-0.39, 0.29) is 5.78 Å². The van der Waals surface area contributed by atoms with E-state index in [1.165, 1.54) is 5.56 Å². The first-order valence-corrected chi connectivity index (χ1v) is 6.51. The van der Waals surface area contributed by atoms with Crippen molar-refractivity contribution in [3.63, 3.8) is 0 Å². The Kier molecular flexibility index (Phi) is 3.83. The molecule has 0 amide bonds. The molecule has 98 valence electrons. The first-order valence-electron chi connectivity index (χ1n) is 6.51. The topological polar surface area (TPSA) is 40.5 Å². The fourth-order valence-corrected chi connectivity index (χ4v) is 2.37. The zero-order chi connectivity index (χ0) is 13.2. The number of aliphatic hydroxyl groups is 1. The number of likely N-dealkylation sites (tertiary alicyclic amines) is 1. The fourth-order valence-electron chi connectivity index (χ4n) is 2.37. The molecule has 0 spiro atoms. The van der Waals surface area contributed by atoms with Gasteiger partial charge in [0, 0.05) is 31.6 Å². The van der Waals surface area contributed by atoms with Crippen LogP contribution in [0.2, 0.25) is 0 Å². The van der Waals surface area contributed by atoms with Gasteiger partial charge in [-0.3, -0.25) is 9.69 Å². The van der Waals surface area contributed by atoms with E-state index in [0.29, 0.717) is 13.0 Å². The average molecular weight is 247 g/mol. The third-order valence-corrected chi connectivity index (χ3v) is 3.56. The van der Waals surface area contributed by atoms with Gasteiger partial charge in [-0.15, -0.1) is 0 Å². The maximum Gasteiger partial charge on any atom is 0.164 e. The average Bonchev–Trinajstić information content (AvgIpc) is 2.67. The molecule has 1 aliphatic rings. The number of hydrogen-bond acceptors (Lipinski definition) is 3. The number of benzene rings is 1. The van der Waals surface area contributed by atoms with Crippen molar-refractivity contribution in [2.75, 3.05) is 19.6 Å². The Morgan fingerprint density at radius 2 is 2.06 bits per heavy atom. The van der Waals surface area contributed by atoms with Crippen LogP contribution in [0.5, 0.6) is 0 Å². The van der Waals surface area contributed by atoms with Crippen LogP contribution < -0.4 is 0 Å². The highest BCUT2D eigenvalue weighted by atomic mass is 16.3. The van der Waals surface area contributed by atoms with Crippen molar-refractivity contribution < 1.29 is 9.90 Å². The number of carbonyl (C=O) groups is 1. The van der Waals surface area contributed by atoms with Crippen LogP contribution in [0.4, 0.5) is 0 Å². The lowest BCUT2D eigenvalue weighted by Crippen LogP contribution is -2.31. The summed E-state index contributed by atoms with van der Waals surface area (Å²) in [5.41, 5.74) is 1.38. The fraction of sp³-hybridized carbons (Fsp3) is 0.533. The minimum Gasteiger partial charge on any atom is -0.389 e. The maximum atomic E-state index is 12.0. The number of ketones is 1. The molecular weight excluding hydrogens is 226 g/mol. The van der Waals surface area contributed by atoms with Crippen molar-refractivity contribution in [2.24, 2.45) is 0 Å². The normalized spacial score (nSPS) is 24.4. The minimum absolute atomic E-state index is 0.182. The van der Waals surface area contributed by atoms with E-state index < -0.39 is 5.60 Å². The molecule has 1 saturated heterocycles. The smallest absolute Gasteiger partial charge is 0.164 e. The van der Waals surface area contributed by atoms with Crippen LogP contribution in [0.3, 0.4) is 0 Å². The summed E-state index contributed by atoms with van der Waals surface area (Å²) in [5, 5.41) is 9.85. The Morgan fingerprint density at radius 3 is 2.61 bits per heavy atom. The second kappa shape index (κ2) is 5.21. The van der Waals surface area contributed by atoms with E-state index in [0.717, 1.165) is 25.1 Å². The molecule has 1 aromatic rings. The number of carbonyl (C=O) groups excluding carboxylic acids is 1. The summed E-state index contributed by atoms with van der Waals surface area (Å²) in [6.07, 6.45) is 1.32. The maximum absolute atomic E-state index is 12.0. The highest BCUT2D eigenvalue weighted by molar-refractivity contribution is 5.96. The number of Topliss-reactive ketones (excluding diaryl/α,β-unsaturated/α-hetero) is 1. The summed E-state index contributed by atoms with van der Waals surface area (Å²) in [5.74, 6) is 0.182. The highest BCUT2D eigenvalue weighted by Gasteiger charge is 2.30. The van der Waals surface area contributed by atoms with Crippen LogP contribution in [0, 0.1) is 6.92 Å². The number of rotatable bonds is 4. The second-order valence-corrected chi connectivity index (χ2v) is 5.56. The van der Waals surface area contributed by atoms with E-state index >= 15 is 0 Å². The van der Waals surface area contributed by atoms with Gasteiger partial charge in [-0.1, -0.05) is 29.8 Å². The summed E-state index contributed by atoms with van der Waals surface area (Å²) < 4.78 is 0. The van der Waals surface area contributed by atoms with Gasteiger partial charge in [-0.25, -0.2) is 0 Å². The van der Waals surface area contributed by atoms with Crippen molar-refractivity contribution in [3.05, 3.63) is 35.4 Å². The number of aryl methyl sites for hydroxylation is 1. The molecule has 1 aliphatic heterocycles. The van der Waals surface area contributed by atoms with E-state index in [4.69, 9.17) is 0 Å². The quantitative estimate of drug-likeness (QED) is 0.828. The van der Waals surface area contributed by atoms with Gasteiger partial charge in [0.1, 0.15) is 0 Å². The molecule has 0 aromatic heterocycles. The highest BCUT2D eigenvalue weighted by Crippen LogP contribution is 2.20. The zero-order valence-corrected chi connectivity index (χ0v) is 11.1. The Hall–Kier alpha value is -1.19. The van der Waals surface area contributed by atoms with Crippen LogP contribution in [0.25, 0.3) is 0 Å². The zero-order valence-electron chi connectivity index (χ0n) is 11.1.